The first-order valence-corrected chi connectivity index (χ1v) is 7.20. The van der Waals surface area contributed by atoms with Crippen LogP contribution in [-0.4, -0.2) is 24.5 Å². The highest BCUT2D eigenvalue weighted by Crippen LogP contribution is 2.24. The van der Waals surface area contributed by atoms with Crippen LogP contribution in [0.5, 0.6) is 0 Å². The Morgan fingerprint density at radius 1 is 1.47 bits per heavy atom. The number of amides is 1. The smallest absolute Gasteiger partial charge is 0.341 e. The third kappa shape index (κ3) is 4.04. The fourth-order valence-electron chi connectivity index (χ4n) is 1.48. The van der Waals surface area contributed by atoms with Crippen molar-refractivity contribution in [1.29, 1.82) is 0 Å². The van der Waals surface area contributed by atoms with Crippen molar-refractivity contribution in [1.82, 2.24) is 0 Å². The summed E-state index contributed by atoms with van der Waals surface area (Å²) in [6.45, 7) is 5.94. The highest BCUT2D eigenvalue weighted by molar-refractivity contribution is 7.14. The maximum atomic E-state index is 12.0. The number of carbonyl (C=O) groups excluding carboxylic acids is 2. The van der Waals surface area contributed by atoms with E-state index in [9.17, 15) is 9.59 Å². The van der Waals surface area contributed by atoms with Gasteiger partial charge in [-0.2, -0.15) is 0 Å². The van der Waals surface area contributed by atoms with E-state index < -0.39 is 12.0 Å². The van der Waals surface area contributed by atoms with E-state index in [0.717, 1.165) is 6.42 Å². The van der Waals surface area contributed by atoms with Gasteiger partial charge in [-0.1, -0.05) is 20.3 Å². The second kappa shape index (κ2) is 7.25. The van der Waals surface area contributed by atoms with Crippen LogP contribution in [0.3, 0.4) is 0 Å². The van der Waals surface area contributed by atoms with Crippen LogP contribution >= 0.6 is 11.3 Å². The van der Waals surface area contributed by atoms with Crippen molar-refractivity contribution in [2.45, 2.75) is 33.2 Å². The zero-order valence-electron chi connectivity index (χ0n) is 11.4. The largest absolute Gasteiger partial charge is 0.462 e. The molecule has 0 radical (unpaired) electrons. The minimum Gasteiger partial charge on any atom is -0.462 e. The molecule has 0 saturated carbocycles. The van der Waals surface area contributed by atoms with Crippen LogP contribution in [0.15, 0.2) is 11.4 Å². The molecule has 3 N–H and O–H groups in total. The lowest BCUT2D eigenvalue weighted by molar-refractivity contribution is -0.118. The van der Waals surface area contributed by atoms with E-state index >= 15 is 0 Å². The number of thiophene rings is 1. The molecule has 5 nitrogen and oxygen atoms in total. The maximum Gasteiger partial charge on any atom is 0.341 e. The number of ether oxygens (including phenoxy) is 1. The Hall–Kier alpha value is -1.40. The van der Waals surface area contributed by atoms with Crippen LogP contribution in [0.4, 0.5) is 5.00 Å². The van der Waals surface area contributed by atoms with Crippen LogP contribution in [0.25, 0.3) is 0 Å². The Kier molecular flexibility index (Phi) is 5.98. The van der Waals surface area contributed by atoms with Gasteiger partial charge in [0, 0.05) is 0 Å². The van der Waals surface area contributed by atoms with Crippen LogP contribution in [0.2, 0.25) is 0 Å². The van der Waals surface area contributed by atoms with Gasteiger partial charge in [0.15, 0.2) is 0 Å². The molecule has 0 aromatic carbocycles. The van der Waals surface area contributed by atoms with E-state index in [4.69, 9.17) is 10.5 Å². The van der Waals surface area contributed by atoms with Gasteiger partial charge in [0.1, 0.15) is 5.00 Å². The summed E-state index contributed by atoms with van der Waals surface area (Å²) in [5, 5.41) is 4.92. The van der Waals surface area contributed by atoms with Crippen LogP contribution in [0.1, 0.15) is 37.6 Å². The van der Waals surface area contributed by atoms with E-state index in [2.05, 4.69) is 5.32 Å². The number of rotatable bonds is 6. The zero-order chi connectivity index (χ0) is 14.4. The standard InChI is InChI=1S/C13H20N2O3S/c1-4-8(3)10(14)11(16)15-12-9(6-7-19-12)13(17)18-5-2/h6-8,10H,4-5,14H2,1-3H3,(H,15,16)/t8-,10-/m0/s1. The minimum atomic E-state index is -0.581. The number of hydrogen-bond donors (Lipinski definition) is 2. The molecular weight excluding hydrogens is 264 g/mol. The number of esters is 1. The Morgan fingerprint density at radius 2 is 2.16 bits per heavy atom. The first-order valence-electron chi connectivity index (χ1n) is 6.32. The molecule has 0 fully saturated rings. The van der Waals surface area contributed by atoms with Gasteiger partial charge in [-0.3, -0.25) is 4.79 Å². The summed E-state index contributed by atoms with van der Waals surface area (Å²) in [6.07, 6.45) is 0.823. The Morgan fingerprint density at radius 3 is 2.74 bits per heavy atom. The summed E-state index contributed by atoms with van der Waals surface area (Å²) in [4.78, 5) is 23.6. The lowest BCUT2D eigenvalue weighted by Crippen LogP contribution is -2.40. The fraction of sp³-hybridized carbons (Fsp3) is 0.538. The SMILES string of the molecule is CCOC(=O)c1ccsc1NC(=O)[C@@H](N)[C@@H](C)CC. The zero-order valence-corrected chi connectivity index (χ0v) is 12.3. The summed E-state index contributed by atoms with van der Waals surface area (Å²) < 4.78 is 4.92. The van der Waals surface area contributed by atoms with Gasteiger partial charge in [0.05, 0.1) is 18.2 Å². The van der Waals surface area contributed by atoms with Gasteiger partial charge in [-0.25, -0.2) is 4.79 Å². The van der Waals surface area contributed by atoms with E-state index in [1.807, 2.05) is 13.8 Å². The number of carbonyl (C=O) groups is 2. The number of anilines is 1. The van der Waals surface area contributed by atoms with Gasteiger partial charge in [0.25, 0.3) is 0 Å². The molecule has 0 unspecified atom stereocenters. The van der Waals surface area contributed by atoms with Crippen LogP contribution in [0, 0.1) is 5.92 Å². The molecule has 1 amide bonds. The highest BCUT2D eigenvalue weighted by atomic mass is 32.1. The van der Waals surface area contributed by atoms with Crippen molar-refractivity contribution < 1.29 is 14.3 Å². The average molecular weight is 284 g/mol. The molecule has 2 atom stereocenters. The van der Waals surface area contributed by atoms with Gasteiger partial charge in [0.2, 0.25) is 5.91 Å². The molecule has 0 aliphatic heterocycles. The molecule has 1 heterocycles. The lowest BCUT2D eigenvalue weighted by Gasteiger charge is -2.17. The van der Waals surface area contributed by atoms with Gasteiger partial charge in [-0.15, -0.1) is 11.3 Å². The number of nitrogens with two attached hydrogens (primary N) is 1. The van der Waals surface area contributed by atoms with Gasteiger partial charge >= 0.3 is 5.97 Å². The second-order valence-electron chi connectivity index (χ2n) is 4.28. The summed E-state index contributed by atoms with van der Waals surface area (Å²) >= 11 is 1.28. The highest BCUT2D eigenvalue weighted by Gasteiger charge is 2.22. The molecule has 0 aliphatic carbocycles. The molecule has 19 heavy (non-hydrogen) atoms. The van der Waals surface area contributed by atoms with E-state index in [0.29, 0.717) is 17.2 Å². The molecule has 0 saturated heterocycles. The van der Waals surface area contributed by atoms with Crippen molar-refractivity contribution in [3.63, 3.8) is 0 Å². The first kappa shape index (κ1) is 15.7. The molecule has 0 aliphatic rings. The molecular formula is C13H20N2O3S. The van der Waals surface area contributed by atoms with Crippen LogP contribution in [-0.2, 0) is 9.53 Å². The first-order chi connectivity index (χ1) is 9.01. The van der Waals surface area contributed by atoms with Gasteiger partial charge in [-0.05, 0) is 24.3 Å². The molecule has 0 spiro atoms. The number of hydrogen-bond acceptors (Lipinski definition) is 5. The van der Waals surface area contributed by atoms with E-state index in [1.165, 1.54) is 11.3 Å². The van der Waals surface area contributed by atoms with E-state index in [1.54, 1.807) is 18.4 Å². The molecule has 1 rings (SSSR count). The predicted molar refractivity (Wildman–Crippen MR) is 76.3 cm³/mol. The normalized spacial score (nSPS) is 13.7. The van der Waals surface area contributed by atoms with Crippen molar-refractivity contribution in [3.8, 4) is 0 Å². The minimum absolute atomic E-state index is 0.0889. The summed E-state index contributed by atoms with van der Waals surface area (Å²) in [5.74, 6) is -0.621. The van der Waals surface area contributed by atoms with Crippen molar-refractivity contribution in [2.24, 2.45) is 11.7 Å². The molecule has 6 heteroatoms. The van der Waals surface area contributed by atoms with Crippen molar-refractivity contribution >= 4 is 28.2 Å². The summed E-state index contributed by atoms with van der Waals surface area (Å²) in [5.41, 5.74) is 6.22. The molecule has 1 aromatic heterocycles. The monoisotopic (exact) mass is 284 g/mol. The predicted octanol–water partition coefficient (Wildman–Crippen LogP) is 2.24. The van der Waals surface area contributed by atoms with Crippen LogP contribution < -0.4 is 11.1 Å². The lowest BCUT2D eigenvalue weighted by atomic mass is 9.99. The Bertz CT molecular complexity index is 445. The quantitative estimate of drug-likeness (QED) is 0.785. The number of nitrogens with one attached hydrogen (secondary N) is 1. The molecule has 0 bridgehead atoms. The molecule has 1 aromatic rings. The third-order valence-corrected chi connectivity index (χ3v) is 3.79. The third-order valence-electron chi connectivity index (χ3n) is 2.96. The Balaban J connectivity index is 2.75. The topological polar surface area (TPSA) is 81.4 Å². The average Bonchev–Trinajstić information content (AvgIpc) is 2.85. The maximum absolute atomic E-state index is 12.0. The Labute approximate surface area is 117 Å². The van der Waals surface area contributed by atoms with E-state index in [-0.39, 0.29) is 11.8 Å². The fourth-order valence-corrected chi connectivity index (χ4v) is 2.26. The molecule has 106 valence electrons. The van der Waals surface area contributed by atoms with Crippen molar-refractivity contribution in [2.75, 3.05) is 11.9 Å². The summed E-state index contributed by atoms with van der Waals surface area (Å²) in [7, 11) is 0. The summed E-state index contributed by atoms with van der Waals surface area (Å²) in [6, 6.07) is 1.05. The van der Waals surface area contributed by atoms with Crippen molar-refractivity contribution in [3.05, 3.63) is 17.0 Å². The second-order valence-corrected chi connectivity index (χ2v) is 5.20. The van der Waals surface area contributed by atoms with Gasteiger partial charge < -0.3 is 15.8 Å².